The molecule has 0 saturated heterocycles. The Morgan fingerprint density at radius 2 is 1.69 bits per heavy atom. The summed E-state index contributed by atoms with van der Waals surface area (Å²) >= 11 is 0. The van der Waals surface area contributed by atoms with Gasteiger partial charge in [-0.15, -0.1) is 35.0 Å². The third-order valence-electron chi connectivity index (χ3n) is 2.21. The first-order valence-electron chi connectivity index (χ1n) is 4.36. The predicted molar refractivity (Wildman–Crippen MR) is 67.7 cm³/mol. The molecule has 2 aromatic heterocycles. The molecule has 0 unspecified atom stereocenters. The van der Waals surface area contributed by atoms with Crippen LogP contribution in [0.3, 0.4) is 0 Å². The molecular formula is C10H10Cl2N4. The molecule has 0 aliphatic heterocycles. The summed E-state index contributed by atoms with van der Waals surface area (Å²) in [5.74, 6) is 0.983. The van der Waals surface area contributed by atoms with Crippen LogP contribution in [0, 0.1) is 0 Å². The number of nitrogens with one attached hydrogen (secondary N) is 1. The molecule has 4 nitrogen and oxygen atoms in total. The van der Waals surface area contributed by atoms with E-state index in [2.05, 4.69) is 27.3 Å². The van der Waals surface area contributed by atoms with E-state index in [4.69, 9.17) is 0 Å². The first-order chi connectivity index (χ1) is 6.93. The zero-order valence-electron chi connectivity index (χ0n) is 8.20. The van der Waals surface area contributed by atoms with Gasteiger partial charge in [-0.3, -0.25) is 4.57 Å². The van der Waals surface area contributed by atoms with Crippen molar-refractivity contribution in [1.82, 2.24) is 19.7 Å². The lowest BCUT2D eigenvalue weighted by atomic mass is 10.2. The van der Waals surface area contributed by atoms with Crippen LogP contribution in [0.4, 0.5) is 0 Å². The van der Waals surface area contributed by atoms with Gasteiger partial charge in [0.25, 0.3) is 0 Å². The number of hydrogen-bond donors (Lipinski definition) is 1. The number of hydrogen-bond acceptors (Lipinski definition) is 2. The Morgan fingerprint density at radius 3 is 2.38 bits per heavy atom. The van der Waals surface area contributed by atoms with E-state index in [0.717, 1.165) is 11.3 Å². The van der Waals surface area contributed by atoms with Crippen molar-refractivity contribution in [2.24, 2.45) is 0 Å². The highest BCUT2D eigenvalue weighted by atomic mass is 35.5. The first kappa shape index (κ1) is 12.5. The van der Waals surface area contributed by atoms with Crippen molar-refractivity contribution in [2.75, 3.05) is 0 Å². The molecule has 3 aromatic rings. The fourth-order valence-corrected chi connectivity index (χ4v) is 1.52. The van der Waals surface area contributed by atoms with Crippen LogP contribution in [0.1, 0.15) is 0 Å². The second-order valence-electron chi connectivity index (χ2n) is 3.11. The van der Waals surface area contributed by atoms with Gasteiger partial charge in [0, 0.05) is 10.9 Å². The Kier molecular flexibility index (Phi) is 3.93. The molecule has 0 fully saturated rings. The lowest BCUT2D eigenvalue weighted by molar-refractivity contribution is 1.01. The van der Waals surface area contributed by atoms with Gasteiger partial charge in [-0.2, -0.15) is 0 Å². The summed E-state index contributed by atoms with van der Waals surface area (Å²) in [6, 6.07) is 10.2. The second-order valence-corrected chi connectivity index (χ2v) is 3.11. The van der Waals surface area contributed by atoms with E-state index in [1.807, 2.05) is 22.8 Å². The number of halogens is 2. The largest absolute Gasteiger partial charge is 0.341 e. The minimum atomic E-state index is 0. The predicted octanol–water partition coefficient (Wildman–Crippen LogP) is 2.59. The van der Waals surface area contributed by atoms with E-state index >= 15 is 0 Å². The van der Waals surface area contributed by atoms with Gasteiger partial charge >= 0.3 is 0 Å². The number of H-pyrrole nitrogens is 1. The minimum absolute atomic E-state index is 0. The summed E-state index contributed by atoms with van der Waals surface area (Å²) < 4.78 is 1.85. The molecule has 0 amide bonds. The fourth-order valence-electron chi connectivity index (χ4n) is 1.52. The third-order valence-corrected chi connectivity index (χ3v) is 2.21. The summed E-state index contributed by atoms with van der Waals surface area (Å²) in [7, 11) is 0. The van der Waals surface area contributed by atoms with Gasteiger partial charge in [0.2, 0.25) is 0 Å². The smallest absolute Gasteiger partial charge is 0.125 e. The van der Waals surface area contributed by atoms with Crippen molar-refractivity contribution >= 4 is 35.7 Å². The number of nitrogens with zero attached hydrogens (tertiary/aromatic N) is 3. The normalized spacial score (nSPS) is 9.50. The second kappa shape index (κ2) is 5.01. The Morgan fingerprint density at radius 1 is 1.00 bits per heavy atom. The number of fused-ring (bicyclic) bond motifs is 1. The minimum Gasteiger partial charge on any atom is -0.341 e. The SMILES string of the molecule is Cl.Cl.c1ccc2[nH]c(-n3cnnc3)cc2c1. The van der Waals surface area contributed by atoms with Gasteiger partial charge in [-0.1, -0.05) is 18.2 Å². The van der Waals surface area contributed by atoms with Crippen molar-refractivity contribution in [3.05, 3.63) is 43.0 Å². The molecule has 1 N–H and O–H groups in total. The molecule has 0 spiro atoms. The van der Waals surface area contributed by atoms with Crippen LogP contribution in [0.2, 0.25) is 0 Å². The molecule has 0 aliphatic rings. The Bertz CT molecular complexity index is 526. The molecule has 0 radical (unpaired) electrons. The zero-order valence-corrected chi connectivity index (χ0v) is 9.83. The lowest BCUT2D eigenvalue weighted by Crippen LogP contribution is -1.88. The maximum Gasteiger partial charge on any atom is 0.125 e. The number of aromatic nitrogens is 4. The van der Waals surface area contributed by atoms with E-state index in [0.29, 0.717) is 0 Å². The van der Waals surface area contributed by atoms with E-state index in [9.17, 15) is 0 Å². The van der Waals surface area contributed by atoms with E-state index in [-0.39, 0.29) is 24.8 Å². The highest BCUT2D eigenvalue weighted by molar-refractivity contribution is 5.85. The summed E-state index contributed by atoms with van der Waals surface area (Å²) in [6.07, 6.45) is 3.34. The first-order valence-corrected chi connectivity index (χ1v) is 4.36. The standard InChI is InChI=1S/C10H8N4.2ClH/c1-2-4-9-8(3-1)5-10(13-9)14-6-11-12-7-14;;/h1-7,13H;2*1H. The lowest BCUT2D eigenvalue weighted by Gasteiger charge is -1.92. The van der Waals surface area contributed by atoms with E-state index in [1.165, 1.54) is 5.39 Å². The molecule has 0 atom stereocenters. The van der Waals surface area contributed by atoms with Gasteiger partial charge in [0.05, 0.1) is 0 Å². The van der Waals surface area contributed by atoms with Crippen LogP contribution < -0.4 is 0 Å². The highest BCUT2D eigenvalue weighted by Gasteiger charge is 2.00. The maximum atomic E-state index is 3.76. The van der Waals surface area contributed by atoms with Crippen LogP contribution >= 0.6 is 24.8 Å². The summed E-state index contributed by atoms with van der Waals surface area (Å²) in [5.41, 5.74) is 1.12. The quantitative estimate of drug-likeness (QED) is 0.728. The van der Waals surface area contributed by atoms with Crippen molar-refractivity contribution in [3.63, 3.8) is 0 Å². The summed E-state index contributed by atoms with van der Waals surface area (Å²) in [6.45, 7) is 0. The Labute approximate surface area is 105 Å². The molecule has 3 rings (SSSR count). The fraction of sp³-hybridized carbons (Fsp3) is 0. The van der Waals surface area contributed by atoms with Crippen LogP contribution in [0.15, 0.2) is 43.0 Å². The molecule has 84 valence electrons. The Balaban J connectivity index is 0.000000640. The van der Waals surface area contributed by atoms with E-state index in [1.54, 1.807) is 12.7 Å². The van der Waals surface area contributed by atoms with Gasteiger partial charge < -0.3 is 4.98 Å². The van der Waals surface area contributed by atoms with E-state index < -0.39 is 0 Å². The number of para-hydroxylation sites is 1. The molecule has 0 bridgehead atoms. The summed E-state index contributed by atoms with van der Waals surface area (Å²) in [4.78, 5) is 3.28. The molecule has 16 heavy (non-hydrogen) atoms. The average molecular weight is 257 g/mol. The van der Waals surface area contributed by atoms with Crippen molar-refractivity contribution < 1.29 is 0 Å². The maximum absolute atomic E-state index is 3.76. The Hall–Kier alpha value is -1.52. The molecule has 1 aromatic carbocycles. The third kappa shape index (κ3) is 2.03. The van der Waals surface area contributed by atoms with Crippen LogP contribution in [-0.2, 0) is 0 Å². The average Bonchev–Trinajstić information content (AvgIpc) is 2.86. The van der Waals surface area contributed by atoms with Crippen LogP contribution in [0.25, 0.3) is 16.7 Å². The monoisotopic (exact) mass is 256 g/mol. The molecule has 0 aliphatic carbocycles. The molecule has 0 saturated carbocycles. The number of aromatic amines is 1. The van der Waals surface area contributed by atoms with Crippen molar-refractivity contribution in [3.8, 4) is 5.82 Å². The van der Waals surface area contributed by atoms with Crippen LogP contribution in [-0.4, -0.2) is 19.7 Å². The topological polar surface area (TPSA) is 46.5 Å². The summed E-state index contributed by atoms with van der Waals surface area (Å²) in [5, 5.41) is 8.71. The molecule has 6 heteroatoms. The highest BCUT2D eigenvalue weighted by Crippen LogP contribution is 2.16. The van der Waals surface area contributed by atoms with Crippen molar-refractivity contribution in [2.45, 2.75) is 0 Å². The van der Waals surface area contributed by atoms with Gasteiger partial charge in [0.1, 0.15) is 18.5 Å². The number of rotatable bonds is 1. The van der Waals surface area contributed by atoms with Gasteiger partial charge in [-0.25, -0.2) is 0 Å². The number of benzene rings is 1. The van der Waals surface area contributed by atoms with Crippen LogP contribution in [0.5, 0.6) is 0 Å². The van der Waals surface area contributed by atoms with Gasteiger partial charge in [0.15, 0.2) is 0 Å². The van der Waals surface area contributed by atoms with Gasteiger partial charge in [-0.05, 0) is 12.1 Å². The zero-order chi connectivity index (χ0) is 9.38. The molecular weight excluding hydrogens is 247 g/mol. The van der Waals surface area contributed by atoms with Crippen molar-refractivity contribution in [1.29, 1.82) is 0 Å². The molecule has 2 heterocycles.